The van der Waals surface area contributed by atoms with E-state index in [2.05, 4.69) is 0 Å². The summed E-state index contributed by atoms with van der Waals surface area (Å²) in [5.41, 5.74) is 0.997. The lowest BCUT2D eigenvalue weighted by Gasteiger charge is -2.27. The quantitative estimate of drug-likeness (QED) is 0.775. The predicted molar refractivity (Wildman–Crippen MR) is 81.5 cm³/mol. The Kier molecular flexibility index (Phi) is 5.54. The molecule has 1 fully saturated rings. The monoisotopic (exact) mass is 288 g/mol. The summed E-state index contributed by atoms with van der Waals surface area (Å²) in [5.74, 6) is 0.105. The highest BCUT2D eigenvalue weighted by molar-refractivity contribution is 5.84. The topological polar surface area (TPSA) is 43.4 Å². The molecule has 0 radical (unpaired) electrons. The van der Waals surface area contributed by atoms with Gasteiger partial charge in [0.15, 0.2) is 0 Å². The molecule has 1 aliphatic carbocycles. The highest BCUT2D eigenvalue weighted by Crippen LogP contribution is 2.32. The lowest BCUT2D eigenvalue weighted by molar-refractivity contribution is -0.152. The van der Waals surface area contributed by atoms with Gasteiger partial charge in [-0.2, -0.15) is 0 Å². The van der Waals surface area contributed by atoms with Crippen LogP contribution < -0.4 is 0 Å². The lowest BCUT2D eigenvalue weighted by atomic mass is 9.77. The number of carbonyl (C=O) groups is 2. The summed E-state index contributed by atoms with van der Waals surface area (Å²) in [7, 11) is 0. The largest absolute Gasteiger partial charge is 0.461 e. The van der Waals surface area contributed by atoms with Crippen molar-refractivity contribution in [2.45, 2.75) is 46.1 Å². The molecule has 1 aliphatic rings. The minimum absolute atomic E-state index is 0.0352. The number of ketones is 1. The Bertz CT molecular complexity index is 478. The molecular formula is C18H24O3. The number of ether oxygens (including phenoxy) is 1. The molecule has 3 nitrogen and oxygen atoms in total. The maximum Gasteiger partial charge on any atom is 0.309 e. The molecule has 0 saturated heterocycles. The van der Waals surface area contributed by atoms with E-state index in [1.54, 1.807) is 0 Å². The van der Waals surface area contributed by atoms with E-state index in [1.165, 1.54) is 0 Å². The first-order valence-electron chi connectivity index (χ1n) is 7.82. The highest BCUT2D eigenvalue weighted by Gasteiger charge is 2.32. The average Bonchev–Trinajstić information content (AvgIpc) is 2.53. The zero-order valence-electron chi connectivity index (χ0n) is 12.9. The highest BCUT2D eigenvalue weighted by atomic mass is 16.5. The van der Waals surface area contributed by atoms with Crippen molar-refractivity contribution in [2.75, 3.05) is 0 Å². The van der Waals surface area contributed by atoms with Gasteiger partial charge < -0.3 is 4.74 Å². The molecule has 1 aromatic carbocycles. The molecule has 114 valence electrons. The van der Waals surface area contributed by atoms with Gasteiger partial charge in [-0.3, -0.25) is 9.59 Å². The van der Waals surface area contributed by atoms with Crippen molar-refractivity contribution in [3.8, 4) is 0 Å². The van der Waals surface area contributed by atoms with Gasteiger partial charge in [0.2, 0.25) is 0 Å². The van der Waals surface area contributed by atoms with Gasteiger partial charge in [0.1, 0.15) is 12.4 Å². The number of benzene rings is 1. The number of hydrogen-bond acceptors (Lipinski definition) is 3. The molecule has 0 amide bonds. The van der Waals surface area contributed by atoms with Crippen LogP contribution in [0.1, 0.15) is 45.1 Å². The third kappa shape index (κ3) is 4.42. The second-order valence-corrected chi connectivity index (χ2v) is 6.21. The molecule has 1 saturated carbocycles. The van der Waals surface area contributed by atoms with Crippen LogP contribution in [0.5, 0.6) is 0 Å². The van der Waals surface area contributed by atoms with Gasteiger partial charge in [-0.25, -0.2) is 0 Å². The van der Waals surface area contributed by atoms with Crippen LogP contribution in [-0.4, -0.2) is 11.8 Å². The molecule has 0 aromatic heterocycles. The summed E-state index contributed by atoms with van der Waals surface area (Å²) in [5, 5.41) is 0. The molecule has 2 unspecified atom stereocenters. The van der Waals surface area contributed by atoms with Crippen LogP contribution in [0, 0.1) is 17.8 Å². The van der Waals surface area contributed by atoms with Crippen molar-refractivity contribution in [1.82, 2.24) is 0 Å². The van der Waals surface area contributed by atoms with Gasteiger partial charge in [-0.05, 0) is 24.8 Å². The fraction of sp³-hybridized carbons (Fsp3) is 0.556. The molecule has 2 rings (SSSR count). The molecule has 0 spiro atoms. The zero-order valence-corrected chi connectivity index (χ0v) is 12.9. The maximum absolute atomic E-state index is 12.2. The number of carbonyl (C=O) groups excluding carboxylic acids is 2. The molecule has 21 heavy (non-hydrogen) atoms. The Labute approximate surface area is 126 Å². The zero-order chi connectivity index (χ0) is 15.2. The standard InChI is InChI=1S/C18H24O3/c1-13(2)17(19)15-9-6-10-16(11-15)18(20)21-12-14-7-4-3-5-8-14/h3-5,7-8,13,15-16H,6,9-12H2,1-2H3. The van der Waals surface area contributed by atoms with E-state index < -0.39 is 0 Å². The van der Waals surface area contributed by atoms with E-state index in [0.717, 1.165) is 24.8 Å². The van der Waals surface area contributed by atoms with Crippen LogP contribution in [0.15, 0.2) is 30.3 Å². The van der Waals surface area contributed by atoms with Gasteiger partial charge in [0.05, 0.1) is 5.92 Å². The summed E-state index contributed by atoms with van der Waals surface area (Å²) in [6.07, 6.45) is 3.36. The second-order valence-electron chi connectivity index (χ2n) is 6.21. The summed E-state index contributed by atoms with van der Waals surface area (Å²) < 4.78 is 5.41. The van der Waals surface area contributed by atoms with Crippen LogP contribution >= 0.6 is 0 Å². The van der Waals surface area contributed by atoms with Gasteiger partial charge in [-0.1, -0.05) is 50.6 Å². The van der Waals surface area contributed by atoms with Crippen molar-refractivity contribution in [3.63, 3.8) is 0 Å². The predicted octanol–water partition coefficient (Wildman–Crippen LogP) is 3.76. The molecular weight excluding hydrogens is 264 g/mol. The molecule has 3 heteroatoms. The molecule has 0 aliphatic heterocycles. The fourth-order valence-corrected chi connectivity index (χ4v) is 2.98. The second kappa shape index (κ2) is 7.39. The van der Waals surface area contributed by atoms with Crippen molar-refractivity contribution >= 4 is 11.8 Å². The van der Waals surface area contributed by atoms with Crippen molar-refractivity contribution in [1.29, 1.82) is 0 Å². The number of esters is 1. The van der Waals surface area contributed by atoms with E-state index in [4.69, 9.17) is 4.74 Å². The Morgan fingerprint density at radius 2 is 1.81 bits per heavy atom. The van der Waals surface area contributed by atoms with E-state index in [-0.39, 0.29) is 29.5 Å². The van der Waals surface area contributed by atoms with Crippen molar-refractivity contribution in [3.05, 3.63) is 35.9 Å². The Morgan fingerprint density at radius 1 is 1.14 bits per heavy atom. The normalized spacial score (nSPS) is 22.0. The van der Waals surface area contributed by atoms with E-state index in [9.17, 15) is 9.59 Å². The van der Waals surface area contributed by atoms with Crippen molar-refractivity contribution in [2.24, 2.45) is 17.8 Å². The Hall–Kier alpha value is -1.64. The summed E-state index contributed by atoms with van der Waals surface area (Å²) in [6, 6.07) is 9.69. The third-order valence-electron chi connectivity index (χ3n) is 4.20. The summed E-state index contributed by atoms with van der Waals surface area (Å²) in [6.45, 7) is 4.18. The van der Waals surface area contributed by atoms with Crippen LogP contribution in [0.2, 0.25) is 0 Å². The molecule has 0 heterocycles. The third-order valence-corrected chi connectivity index (χ3v) is 4.20. The first-order chi connectivity index (χ1) is 10.1. The first-order valence-corrected chi connectivity index (χ1v) is 7.82. The van der Waals surface area contributed by atoms with Gasteiger partial charge in [-0.15, -0.1) is 0 Å². The number of rotatable bonds is 5. The number of hydrogen-bond donors (Lipinski definition) is 0. The van der Waals surface area contributed by atoms with E-state index in [0.29, 0.717) is 13.0 Å². The van der Waals surface area contributed by atoms with Crippen LogP contribution in [-0.2, 0) is 20.9 Å². The minimum Gasteiger partial charge on any atom is -0.461 e. The van der Waals surface area contributed by atoms with Crippen molar-refractivity contribution < 1.29 is 14.3 Å². The van der Waals surface area contributed by atoms with Gasteiger partial charge in [0, 0.05) is 11.8 Å². The average molecular weight is 288 g/mol. The van der Waals surface area contributed by atoms with Crippen LogP contribution in [0.25, 0.3) is 0 Å². The molecule has 0 bridgehead atoms. The van der Waals surface area contributed by atoms with Gasteiger partial charge in [0.25, 0.3) is 0 Å². The fourth-order valence-electron chi connectivity index (χ4n) is 2.98. The smallest absolute Gasteiger partial charge is 0.309 e. The summed E-state index contributed by atoms with van der Waals surface area (Å²) >= 11 is 0. The first kappa shape index (κ1) is 15.7. The lowest BCUT2D eigenvalue weighted by Crippen LogP contribution is -2.30. The number of Topliss-reactive ketones (excluding diaryl/α,β-unsaturated/α-hetero) is 1. The van der Waals surface area contributed by atoms with E-state index >= 15 is 0 Å². The molecule has 1 aromatic rings. The summed E-state index contributed by atoms with van der Waals surface area (Å²) in [4.78, 5) is 24.3. The van der Waals surface area contributed by atoms with Gasteiger partial charge >= 0.3 is 5.97 Å². The SMILES string of the molecule is CC(C)C(=O)C1CCCC(C(=O)OCc2ccccc2)C1. The Balaban J connectivity index is 1.86. The molecule has 2 atom stereocenters. The van der Waals surface area contributed by atoms with Crippen LogP contribution in [0.3, 0.4) is 0 Å². The minimum atomic E-state index is -0.153. The van der Waals surface area contributed by atoms with Crippen LogP contribution in [0.4, 0.5) is 0 Å². The Morgan fingerprint density at radius 3 is 2.48 bits per heavy atom. The molecule has 0 N–H and O–H groups in total. The van der Waals surface area contributed by atoms with E-state index in [1.807, 2.05) is 44.2 Å². The maximum atomic E-state index is 12.2.